The molecule has 0 radical (unpaired) electrons. The van der Waals surface area contributed by atoms with Gasteiger partial charge in [-0.25, -0.2) is 19.3 Å². The van der Waals surface area contributed by atoms with E-state index in [1.54, 1.807) is 4.57 Å². The maximum absolute atomic E-state index is 14.5. The zero-order valence-corrected chi connectivity index (χ0v) is 10.6. The van der Waals surface area contributed by atoms with Gasteiger partial charge in [0.1, 0.15) is 11.8 Å². The van der Waals surface area contributed by atoms with Gasteiger partial charge in [0.05, 0.1) is 25.1 Å². The number of imidazole rings is 1. The molecule has 0 unspecified atom stereocenters. The van der Waals surface area contributed by atoms with Crippen LogP contribution in [0.5, 0.6) is 0 Å². The van der Waals surface area contributed by atoms with E-state index in [1.807, 2.05) is 0 Å². The number of aromatic nitrogens is 4. The van der Waals surface area contributed by atoms with Crippen molar-refractivity contribution in [3.8, 4) is 0 Å². The van der Waals surface area contributed by atoms with Gasteiger partial charge in [0.2, 0.25) is 0 Å². The van der Waals surface area contributed by atoms with Crippen molar-refractivity contribution in [1.29, 1.82) is 0 Å². The lowest BCUT2D eigenvalue weighted by Gasteiger charge is -2.22. The molecule has 1 aliphatic carbocycles. The molecule has 2 aromatic heterocycles. The van der Waals surface area contributed by atoms with E-state index in [0.29, 0.717) is 11.2 Å². The number of aliphatic hydroxyl groups excluding tert-OH is 2. The molecule has 0 amide bonds. The number of aliphatic hydroxyl groups is 2. The second-order valence-corrected chi connectivity index (χ2v) is 4.90. The number of alkyl halides is 1. The highest BCUT2D eigenvalue weighted by atomic mass is 19.1. The van der Waals surface area contributed by atoms with Gasteiger partial charge in [-0.2, -0.15) is 0 Å². The lowest BCUT2D eigenvalue weighted by Crippen LogP contribution is -2.37. The molecule has 8 heteroatoms. The Morgan fingerprint density at radius 1 is 1.50 bits per heavy atom. The molecular formula is C12H14FN5O2. The normalized spacial score (nSPS) is 30.2. The van der Waals surface area contributed by atoms with Crippen LogP contribution in [0.25, 0.3) is 11.2 Å². The fourth-order valence-electron chi connectivity index (χ4n) is 2.62. The van der Waals surface area contributed by atoms with E-state index in [4.69, 9.17) is 5.73 Å². The average Bonchev–Trinajstić information content (AvgIpc) is 2.95. The van der Waals surface area contributed by atoms with Gasteiger partial charge in [-0.1, -0.05) is 6.58 Å². The number of anilines is 1. The molecule has 2 aromatic rings. The van der Waals surface area contributed by atoms with E-state index >= 15 is 0 Å². The van der Waals surface area contributed by atoms with E-state index < -0.39 is 24.4 Å². The fourth-order valence-corrected chi connectivity index (χ4v) is 2.62. The molecule has 0 saturated heterocycles. The van der Waals surface area contributed by atoms with Gasteiger partial charge in [0.25, 0.3) is 0 Å². The topological polar surface area (TPSA) is 110 Å². The number of hydrogen-bond acceptors (Lipinski definition) is 6. The highest BCUT2D eigenvalue weighted by Crippen LogP contribution is 2.45. The summed E-state index contributed by atoms with van der Waals surface area (Å²) >= 11 is 0. The Balaban J connectivity index is 2.09. The standard InChI is InChI=1S/C12H14FN5O2/c1-6-7(2-8(20)12(6,13)3-19)18-5-17-9-10(14)15-4-16-11(9)18/h4-5,7-8,19-20H,1-3H2,(H2,14,15,16)/t7-,8-,12+/m0/s1. The van der Waals surface area contributed by atoms with Crippen molar-refractivity contribution in [3.05, 3.63) is 24.8 Å². The third-order valence-electron chi connectivity index (χ3n) is 3.86. The van der Waals surface area contributed by atoms with Crippen LogP contribution in [0.3, 0.4) is 0 Å². The minimum Gasteiger partial charge on any atom is -0.393 e. The quantitative estimate of drug-likeness (QED) is 0.666. The summed E-state index contributed by atoms with van der Waals surface area (Å²) < 4.78 is 16.1. The van der Waals surface area contributed by atoms with Crippen LogP contribution in [-0.2, 0) is 0 Å². The molecule has 0 aromatic carbocycles. The molecule has 1 aliphatic rings. The lowest BCUT2D eigenvalue weighted by atomic mass is 9.99. The Morgan fingerprint density at radius 2 is 2.25 bits per heavy atom. The van der Waals surface area contributed by atoms with Gasteiger partial charge in [-0.05, 0) is 5.57 Å². The number of hydrogen-bond donors (Lipinski definition) is 3. The number of fused-ring (bicyclic) bond motifs is 1. The van der Waals surface area contributed by atoms with Crippen molar-refractivity contribution in [2.75, 3.05) is 12.3 Å². The number of rotatable bonds is 2. The Morgan fingerprint density at radius 3 is 2.90 bits per heavy atom. The van der Waals surface area contributed by atoms with Crippen LogP contribution < -0.4 is 5.73 Å². The first kappa shape index (κ1) is 12.9. The highest BCUT2D eigenvalue weighted by molar-refractivity contribution is 5.81. The number of nitrogens with two attached hydrogens (primary N) is 1. The van der Waals surface area contributed by atoms with Crippen molar-refractivity contribution in [2.24, 2.45) is 0 Å². The van der Waals surface area contributed by atoms with E-state index in [-0.39, 0.29) is 17.8 Å². The van der Waals surface area contributed by atoms with Crippen LogP contribution >= 0.6 is 0 Å². The van der Waals surface area contributed by atoms with Gasteiger partial charge < -0.3 is 20.5 Å². The second kappa shape index (κ2) is 4.22. The van der Waals surface area contributed by atoms with E-state index in [2.05, 4.69) is 21.5 Å². The molecule has 7 nitrogen and oxygen atoms in total. The van der Waals surface area contributed by atoms with Gasteiger partial charge in [-0.15, -0.1) is 0 Å². The van der Waals surface area contributed by atoms with Crippen LogP contribution in [0, 0.1) is 0 Å². The summed E-state index contributed by atoms with van der Waals surface area (Å²) in [6.07, 6.45) is 1.52. The minimum atomic E-state index is -2.21. The molecule has 3 rings (SSSR count). The molecule has 1 saturated carbocycles. The summed E-state index contributed by atoms with van der Waals surface area (Å²) in [4.78, 5) is 12.0. The first-order valence-corrected chi connectivity index (χ1v) is 6.09. The summed E-state index contributed by atoms with van der Waals surface area (Å²) in [5.74, 6) is 0.228. The highest BCUT2D eigenvalue weighted by Gasteiger charge is 2.51. The Labute approximate surface area is 113 Å². The van der Waals surface area contributed by atoms with E-state index in [1.165, 1.54) is 12.7 Å². The Hall–Kier alpha value is -2.06. The summed E-state index contributed by atoms with van der Waals surface area (Å²) in [5, 5.41) is 19.0. The monoisotopic (exact) mass is 279 g/mol. The predicted octanol–water partition coefficient (Wildman–Crippen LogP) is -0.0290. The smallest absolute Gasteiger partial charge is 0.182 e. The van der Waals surface area contributed by atoms with Crippen molar-refractivity contribution >= 4 is 17.0 Å². The zero-order valence-electron chi connectivity index (χ0n) is 10.6. The van der Waals surface area contributed by atoms with Gasteiger partial charge >= 0.3 is 0 Å². The number of nitrogens with zero attached hydrogens (tertiary/aromatic N) is 4. The first-order chi connectivity index (χ1) is 9.49. The average molecular weight is 279 g/mol. The molecule has 0 spiro atoms. The lowest BCUT2D eigenvalue weighted by molar-refractivity contribution is -0.00222. The van der Waals surface area contributed by atoms with Gasteiger partial charge in [0, 0.05) is 6.42 Å². The van der Waals surface area contributed by atoms with Gasteiger partial charge in [0.15, 0.2) is 17.1 Å². The van der Waals surface area contributed by atoms with Crippen LogP contribution in [-0.4, -0.2) is 48.1 Å². The third-order valence-corrected chi connectivity index (χ3v) is 3.86. The van der Waals surface area contributed by atoms with Crippen LogP contribution in [0.15, 0.2) is 24.8 Å². The van der Waals surface area contributed by atoms with Gasteiger partial charge in [-0.3, -0.25) is 0 Å². The molecule has 2 heterocycles. The zero-order chi connectivity index (χ0) is 14.5. The second-order valence-electron chi connectivity index (χ2n) is 4.90. The maximum atomic E-state index is 14.5. The molecule has 20 heavy (non-hydrogen) atoms. The van der Waals surface area contributed by atoms with E-state index in [9.17, 15) is 14.6 Å². The molecule has 1 fully saturated rings. The van der Waals surface area contributed by atoms with Crippen LogP contribution in [0.4, 0.5) is 10.2 Å². The summed E-state index contributed by atoms with van der Waals surface area (Å²) in [7, 11) is 0. The summed E-state index contributed by atoms with van der Waals surface area (Å²) in [6, 6.07) is -0.540. The molecule has 3 atom stereocenters. The Bertz CT molecular complexity index is 688. The summed E-state index contributed by atoms with van der Waals surface area (Å²) in [6.45, 7) is 2.86. The molecule has 0 aliphatic heterocycles. The molecular weight excluding hydrogens is 265 g/mol. The van der Waals surface area contributed by atoms with Crippen molar-refractivity contribution in [2.45, 2.75) is 24.2 Å². The van der Waals surface area contributed by atoms with Crippen LogP contribution in [0.1, 0.15) is 12.5 Å². The van der Waals surface area contributed by atoms with Crippen molar-refractivity contribution < 1.29 is 14.6 Å². The first-order valence-electron chi connectivity index (χ1n) is 6.09. The number of halogens is 1. The molecule has 106 valence electrons. The Kier molecular flexibility index (Phi) is 2.73. The van der Waals surface area contributed by atoms with Crippen molar-refractivity contribution in [3.63, 3.8) is 0 Å². The SMILES string of the molecule is C=C1[C@@H](n2cnc3c(N)ncnc32)C[C@H](O)[C@@]1(F)CO. The summed E-state index contributed by atoms with van der Waals surface area (Å²) in [5.41, 5.74) is 4.44. The van der Waals surface area contributed by atoms with Crippen LogP contribution in [0.2, 0.25) is 0 Å². The predicted molar refractivity (Wildman–Crippen MR) is 69.5 cm³/mol. The molecule has 0 bridgehead atoms. The molecule has 4 N–H and O–H groups in total. The maximum Gasteiger partial charge on any atom is 0.182 e. The third kappa shape index (κ3) is 1.55. The van der Waals surface area contributed by atoms with Crippen molar-refractivity contribution in [1.82, 2.24) is 19.5 Å². The minimum absolute atomic E-state index is 0.0886. The van der Waals surface area contributed by atoms with E-state index in [0.717, 1.165) is 0 Å². The fraction of sp³-hybridized carbons (Fsp3) is 0.417. The largest absolute Gasteiger partial charge is 0.393 e. The number of nitrogen functional groups attached to an aromatic ring is 1.